The maximum absolute atomic E-state index is 13.4. The number of fused-ring (bicyclic) bond motifs is 1. The number of carbonyl (C=O) groups is 2. The molecule has 2 aromatic carbocycles. The minimum Gasteiger partial charge on any atom is -0.488 e. The first-order valence-electron chi connectivity index (χ1n) is 12.9. The predicted molar refractivity (Wildman–Crippen MR) is 145 cm³/mol. The van der Waals surface area contributed by atoms with E-state index in [-0.39, 0.29) is 55.3 Å². The molecule has 0 aliphatic carbocycles. The number of halogens is 1. The Morgan fingerprint density at radius 2 is 2.00 bits per heavy atom. The molecule has 13 nitrogen and oxygen atoms in total. The lowest BCUT2D eigenvalue weighted by Gasteiger charge is -2.33. The van der Waals surface area contributed by atoms with Gasteiger partial charge in [-0.3, -0.25) is 9.59 Å². The first-order valence-corrected chi connectivity index (χ1v) is 14.3. The molecule has 0 saturated heterocycles. The van der Waals surface area contributed by atoms with Gasteiger partial charge in [0.2, 0.25) is 21.8 Å². The molecule has 0 unspecified atom stereocenters. The molecule has 0 bridgehead atoms. The van der Waals surface area contributed by atoms with Crippen LogP contribution in [-0.4, -0.2) is 93.6 Å². The highest BCUT2D eigenvalue weighted by molar-refractivity contribution is 7.89. The molecule has 0 saturated carbocycles. The lowest BCUT2D eigenvalue weighted by atomic mass is 10.0. The maximum atomic E-state index is 13.4. The Hall–Kier alpha value is -3.95. The number of hydrogen-bond donors (Lipinski definition) is 2. The van der Waals surface area contributed by atoms with Crippen molar-refractivity contribution >= 4 is 27.5 Å². The third-order valence-electron chi connectivity index (χ3n) is 6.86. The number of aliphatic hydroxyl groups is 1. The summed E-state index contributed by atoms with van der Waals surface area (Å²) in [7, 11) is -2.56. The number of nitrogens with one attached hydrogen (secondary N) is 1. The standard InChI is InChI=1S/C26H32FN7O6S/c1-17-12-34(18(2)15-35)26(37)11-19-10-21(29-25(36)14-33-16-28-30-31-33)6-9-23(19)40-24(17)13-32(3)41(38,39)22-7-4-20(27)5-8-22/h4-10,16-18,24,35H,11-15H2,1-3H3,(H,29,36)/t17-,18+,24-/m0/s1. The van der Waals surface area contributed by atoms with Crippen molar-refractivity contribution in [2.24, 2.45) is 5.92 Å². The van der Waals surface area contributed by atoms with Gasteiger partial charge in [-0.1, -0.05) is 6.92 Å². The van der Waals surface area contributed by atoms with E-state index in [1.807, 2.05) is 6.92 Å². The second kappa shape index (κ2) is 12.7. The Balaban J connectivity index is 1.62. The van der Waals surface area contributed by atoms with E-state index in [9.17, 15) is 27.5 Å². The van der Waals surface area contributed by atoms with E-state index in [1.165, 1.54) is 30.2 Å². The fourth-order valence-electron chi connectivity index (χ4n) is 4.46. The van der Waals surface area contributed by atoms with Gasteiger partial charge in [-0.05, 0) is 59.8 Å². The van der Waals surface area contributed by atoms with Crippen LogP contribution in [0.2, 0.25) is 0 Å². The van der Waals surface area contributed by atoms with Crippen molar-refractivity contribution in [3.05, 3.63) is 60.2 Å². The molecule has 0 fully saturated rings. The molecule has 1 aromatic heterocycles. The Morgan fingerprint density at radius 3 is 2.66 bits per heavy atom. The van der Waals surface area contributed by atoms with Gasteiger partial charge in [0.1, 0.15) is 30.5 Å². The fraction of sp³-hybridized carbons (Fsp3) is 0.423. The number of tetrazole rings is 1. The van der Waals surface area contributed by atoms with Crippen LogP contribution in [0.4, 0.5) is 10.1 Å². The van der Waals surface area contributed by atoms with Crippen LogP contribution >= 0.6 is 0 Å². The van der Waals surface area contributed by atoms with Crippen LogP contribution in [0.25, 0.3) is 0 Å². The lowest BCUT2D eigenvalue weighted by Crippen LogP contribution is -2.48. The zero-order valence-corrected chi connectivity index (χ0v) is 23.7. The molecule has 3 atom stereocenters. The minimum atomic E-state index is -3.97. The van der Waals surface area contributed by atoms with Crippen LogP contribution in [0, 0.1) is 11.7 Å². The summed E-state index contributed by atoms with van der Waals surface area (Å²) in [5.74, 6) is -1.18. The molecule has 2 N–H and O–H groups in total. The third-order valence-corrected chi connectivity index (χ3v) is 8.69. The molecule has 4 rings (SSSR count). The van der Waals surface area contributed by atoms with Gasteiger partial charge < -0.3 is 20.1 Å². The molecule has 1 aliphatic rings. The Kier molecular flexibility index (Phi) is 9.30. The van der Waals surface area contributed by atoms with Crippen LogP contribution in [0.5, 0.6) is 5.75 Å². The second-order valence-electron chi connectivity index (χ2n) is 10.0. The molecule has 2 amide bonds. The van der Waals surface area contributed by atoms with Gasteiger partial charge >= 0.3 is 0 Å². The number of rotatable bonds is 9. The van der Waals surface area contributed by atoms with Gasteiger partial charge in [0.15, 0.2) is 0 Å². The highest BCUT2D eigenvalue weighted by atomic mass is 32.2. The molecule has 15 heteroatoms. The molecule has 0 radical (unpaired) electrons. The van der Waals surface area contributed by atoms with Gasteiger partial charge in [-0.2, -0.15) is 4.31 Å². The number of likely N-dealkylation sites (N-methyl/N-ethyl adjacent to an activating group) is 1. The van der Waals surface area contributed by atoms with Crippen LogP contribution in [0.3, 0.4) is 0 Å². The van der Waals surface area contributed by atoms with Crippen LogP contribution in [-0.2, 0) is 32.6 Å². The van der Waals surface area contributed by atoms with E-state index in [0.717, 1.165) is 16.4 Å². The minimum absolute atomic E-state index is 0.0646. The molecule has 220 valence electrons. The van der Waals surface area contributed by atoms with E-state index >= 15 is 0 Å². The predicted octanol–water partition coefficient (Wildman–Crippen LogP) is 0.921. The first-order chi connectivity index (χ1) is 19.5. The van der Waals surface area contributed by atoms with Crippen molar-refractivity contribution < 1.29 is 32.2 Å². The molecular weight excluding hydrogens is 557 g/mol. The second-order valence-corrected chi connectivity index (χ2v) is 12.1. The molecular formula is C26H32FN7O6S. The van der Waals surface area contributed by atoms with E-state index in [4.69, 9.17) is 4.74 Å². The zero-order valence-electron chi connectivity index (χ0n) is 22.8. The third kappa shape index (κ3) is 7.23. The summed E-state index contributed by atoms with van der Waals surface area (Å²) in [6, 6.07) is 8.92. The quantitative estimate of drug-likeness (QED) is 0.370. The number of anilines is 1. The summed E-state index contributed by atoms with van der Waals surface area (Å²) in [6.45, 7) is 3.32. The topological polar surface area (TPSA) is 160 Å². The van der Waals surface area contributed by atoms with Gasteiger partial charge in [0.25, 0.3) is 0 Å². The molecule has 41 heavy (non-hydrogen) atoms. The van der Waals surface area contributed by atoms with Crippen molar-refractivity contribution in [3.8, 4) is 5.75 Å². The summed E-state index contributed by atoms with van der Waals surface area (Å²) in [4.78, 5) is 27.3. The highest BCUT2D eigenvalue weighted by Crippen LogP contribution is 2.30. The largest absolute Gasteiger partial charge is 0.488 e. The van der Waals surface area contributed by atoms with Gasteiger partial charge in [-0.15, -0.1) is 5.10 Å². The number of aliphatic hydroxyl groups excluding tert-OH is 1. The number of sulfonamides is 1. The van der Waals surface area contributed by atoms with E-state index in [2.05, 4.69) is 20.8 Å². The summed E-state index contributed by atoms with van der Waals surface area (Å²) in [6.07, 6.45) is 0.537. The number of benzene rings is 2. The summed E-state index contributed by atoms with van der Waals surface area (Å²) >= 11 is 0. The average molecular weight is 590 g/mol. The number of aromatic nitrogens is 4. The summed E-state index contributed by atoms with van der Waals surface area (Å²) < 4.78 is 48.6. The molecule has 2 heterocycles. The van der Waals surface area contributed by atoms with E-state index in [1.54, 1.807) is 30.0 Å². The van der Waals surface area contributed by atoms with Crippen molar-refractivity contribution in [1.29, 1.82) is 0 Å². The summed E-state index contributed by atoms with van der Waals surface area (Å²) in [5, 5.41) is 23.2. The van der Waals surface area contributed by atoms with Gasteiger partial charge in [-0.25, -0.2) is 17.5 Å². The van der Waals surface area contributed by atoms with Crippen LogP contribution in [0.15, 0.2) is 53.7 Å². The first kappa shape index (κ1) is 30.0. The van der Waals surface area contributed by atoms with Gasteiger partial charge in [0, 0.05) is 30.8 Å². The van der Waals surface area contributed by atoms with Crippen molar-refractivity contribution in [1.82, 2.24) is 29.4 Å². The van der Waals surface area contributed by atoms with Crippen molar-refractivity contribution in [3.63, 3.8) is 0 Å². The molecule has 0 spiro atoms. The number of ether oxygens (including phenoxy) is 1. The number of nitrogens with zero attached hydrogens (tertiary/aromatic N) is 6. The van der Waals surface area contributed by atoms with E-state index in [0.29, 0.717) is 17.0 Å². The Bertz CT molecular complexity index is 1470. The zero-order chi connectivity index (χ0) is 29.7. The monoisotopic (exact) mass is 589 g/mol. The Morgan fingerprint density at radius 1 is 1.27 bits per heavy atom. The molecule has 3 aromatic rings. The number of carbonyl (C=O) groups excluding carboxylic acids is 2. The molecule has 1 aliphatic heterocycles. The van der Waals surface area contributed by atoms with Crippen molar-refractivity contribution in [2.45, 2.75) is 43.9 Å². The van der Waals surface area contributed by atoms with Crippen LogP contribution in [0.1, 0.15) is 19.4 Å². The average Bonchev–Trinajstić information content (AvgIpc) is 3.45. The van der Waals surface area contributed by atoms with E-state index < -0.39 is 28.0 Å². The van der Waals surface area contributed by atoms with Crippen molar-refractivity contribution in [2.75, 3.05) is 32.1 Å². The lowest BCUT2D eigenvalue weighted by molar-refractivity contribution is -0.134. The number of hydrogen-bond acceptors (Lipinski definition) is 9. The number of amides is 2. The summed E-state index contributed by atoms with van der Waals surface area (Å²) in [5.41, 5.74) is 0.897. The Labute approximate surface area is 236 Å². The maximum Gasteiger partial charge on any atom is 0.246 e. The van der Waals surface area contributed by atoms with Crippen LogP contribution < -0.4 is 10.1 Å². The SMILES string of the molecule is C[C@H](CO)N1C[C@H](C)[C@H](CN(C)S(=O)(=O)c2ccc(F)cc2)Oc2ccc(NC(=O)Cn3cnnn3)cc2CC1=O. The highest BCUT2D eigenvalue weighted by Gasteiger charge is 2.33. The normalized spacial score (nSPS) is 18.6. The fourth-order valence-corrected chi connectivity index (χ4v) is 5.65. The smallest absolute Gasteiger partial charge is 0.246 e. The van der Waals surface area contributed by atoms with Gasteiger partial charge in [0.05, 0.1) is 30.5 Å².